The standard InChI is InChI=1S/C17H18O/c1-14(13-18)17(16-10-6-3-7-11-16)12-15-8-4-2-5-9-15/h2-11,18H,12-13H2,1H3/b17-14-. The molecule has 0 bridgehead atoms. The molecule has 0 saturated heterocycles. The molecule has 0 aliphatic carbocycles. The zero-order chi connectivity index (χ0) is 12.8. The number of aliphatic hydroxyl groups is 1. The van der Waals surface area contributed by atoms with Gasteiger partial charge in [-0.25, -0.2) is 0 Å². The van der Waals surface area contributed by atoms with Crippen molar-refractivity contribution in [2.75, 3.05) is 6.61 Å². The first kappa shape index (κ1) is 12.6. The summed E-state index contributed by atoms with van der Waals surface area (Å²) in [5.41, 5.74) is 4.70. The Morgan fingerprint density at radius 3 is 2.00 bits per heavy atom. The molecule has 1 nitrogen and oxygen atoms in total. The summed E-state index contributed by atoms with van der Waals surface area (Å²) >= 11 is 0. The molecule has 0 radical (unpaired) electrons. The minimum atomic E-state index is 0.108. The second-order valence-electron chi connectivity index (χ2n) is 4.45. The van der Waals surface area contributed by atoms with Crippen LogP contribution in [0.25, 0.3) is 5.57 Å². The number of rotatable bonds is 4. The molecular weight excluding hydrogens is 220 g/mol. The Kier molecular flexibility index (Phi) is 4.32. The third kappa shape index (κ3) is 3.08. The summed E-state index contributed by atoms with van der Waals surface area (Å²) in [6.07, 6.45) is 0.858. The number of allylic oxidation sites excluding steroid dienone is 1. The van der Waals surface area contributed by atoms with Gasteiger partial charge >= 0.3 is 0 Å². The molecule has 18 heavy (non-hydrogen) atoms. The van der Waals surface area contributed by atoms with Crippen molar-refractivity contribution in [1.29, 1.82) is 0 Å². The van der Waals surface area contributed by atoms with Crippen LogP contribution in [-0.2, 0) is 6.42 Å². The molecule has 1 heteroatoms. The predicted octanol–water partition coefficient (Wildman–Crippen LogP) is 3.70. The average Bonchev–Trinajstić information content (AvgIpc) is 2.46. The van der Waals surface area contributed by atoms with Crippen LogP contribution < -0.4 is 0 Å². The van der Waals surface area contributed by atoms with Crippen molar-refractivity contribution in [3.05, 3.63) is 77.4 Å². The van der Waals surface area contributed by atoms with Gasteiger partial charge in [-0.2, -0.15) is 0 Å². The van der Waals surface area contributed by atoms with Crippen LogP contribution in [-0.4, -0.2) is 11.7 Å². The molecular formula is C17H18O. The summed E-state index contributed by atoms with van der Waals surface area (Å²) in [6, 6.07) is 20.6. The third-order valence-electron chi connectivity index (χ3n) is 3.10. The van der Waals surface area contributed by atoms with E-state index in [2.05, 4.69) is 24.3 Å². The average molecular weight is 238 g/mol. The fourth-order valence-corrected chi connectivity index (χ4v) is 2.03. The molecule has 0 aromatic heterocycles. The van der Waals surface area contributed by atoms with Gasteiger partial charge in [0, 0.05) is 0 Å². The quantitative estimate of drug-likeness (QED) is 0.861. The highest BCUT2D eigenvalue weighted by Crippen LogP contribution is 2.23. The van der Waals surface area contributed by atoms with Crippen LogP contribution in [0.5, 0.6) is 0 Å². The lowest BCUT2D eigenvalue weighted by Crippen LogP contribution is -1.97. The van der Waals surface area contributed by atoms with E-state index in [-0.39, 0.29) is 6.61 Å². The van der Waals surface area contributed by atoms with Crippen molar-refractivity contribution in [1.82, 2.24) is 0 Å². The monoisotopic (exact) mass is 238 g/mol. The minimum Gasteiger partial charge on any atom is -0.392 e. The topological polar surface area (TPSA) is 20.2 Å². The van der Waals surface area contributed by atoms with E-state index in [9.17, 15) is 5.11 Å². The summed E-state index contributed by atoms with van der Waals surface area (Å²) < 4.78 is 0. The molecule has 0 unspecified atom stereocenters. The molecule has 2 aromatic carbocycles. The van der Waals surface area contributed by atoms with E-state index in [1.165, 1.54) is 16.7 Å². The van der Waals surface area contributed by atoms with E-state index in [1.807, 2.05) is 43.3 Å². The van der Waals surface area contributed by atoms with E-state index < -0.39 is 0 Å². The highest BCUT2D eigenvalue weighted by Gasteiger charge is 2.06. The Hall–Kier alpha value is -1.86. The minimum absolute atomic E-state index is 0.108. The maximum Gasteiger partial charge on any atom is 0.0645 e. The fraction of sp³-hybridized carbons (Fsp3) is 0.176. The summed E-state index contributed by atoms with van der Waals surface area (Å²) in [6.45, 7) is 2.10. The van der Waals surface area contributed by atoms with E-state index in [1.54, 1.807) is 0 Å². The molecule has 2 rings (SSSR count). The molecule has 0 fully saturated rings. The first-order valence-corrected chi connectivity index (χ1v) is 6.20. The number of hydrogen-bond donors (Lipinski definition) is 1. The van der Waals surface area contributed by atoms with Gasteiger partial charge in [0.25, 0.3) is 0 Å². The van der Waals surface area contributed by atoms with Crippen LogP contribution in [0.2, 0.25) is 0 Å². The van der Waals surface area contributed by atoms with Crippen molar-refractivity contribution in [3.63, 3.8) is 0 Å². The highest BCUT2D eigenvalue weighted by atomic mass is 16.3. The van der Waals surface area contributed by atoms with Crippen molar-refractivity contribution >= 4 is 5.57 Å². The van der Waals surface area contributed by atoms with Gasteiger partial charge in [-0.1, -0.05) is 60.7 Å². The van der Waals surface area contributed by atoms with Crippen LogP contribution >= 0.6 is 0 Å². The Labute approximate surface area is 108 Å². The third-order valence-corrected chi connectivity index (χ3v) is 3.10. The Morgan fingerprint density at radius 1 is 0.889 bits per heavy atom. The molecule has 0 aliphatic heterocycles. The fourth-order valence-electron chi connectivity index (χ4n) is 2.03. The SMILES string of the molecule is C/C(CO)=C(\Cc1ccccc1)c1ccccc1. The lowest BCUT2D eigenvalue weighted by atomic mass is 9.94. The van der Waals surface area contributed by atoms with Gasteiger partial charge in [0.2, 0.25) is 0 Å². The van der Waals surface area contributed by atoms with Crippen LogP contribution in [0, 0.1) is 0 Å². The van der Waals surface area contributed by atoms with Gasteiger partial charge < -0.3 is 5.11 Å². The summed E-state index contributed by atoms with van der Waals surface area (Å²) in [5.74, 6) is 0. The first-order valence-electron chi connectivity index (χ1n) is 6.20. The second-order valence-corrected chi connectivity index (χ2v) is 4.45. The van der Waals surface area contributed by atoms with E-state index in [0.717, 1.165) is 12.0 Å². The van der Waals surface area contributed by atoms with E-state index in [0.29, 0.717) is 0 Å². The van der Waals surface area contributed by atoms with Gasteiger partial charge in [0.1, 0.15) is 0 Å². The number of benzene rings is 2. The second kappa shape index (κ2) is 6.18. The van der Waals surface area contributed by atoms with Crippen LogP contribution in [0.4, 0.5) is 0 Å². The summed E-state index contributed by atoms with van der Waals surface area (Å²) in [4.78, 5) is 0. The lowest BCUT2D eigenvalue weighted by Gasteiger charge is -2.12. The molecule has 1 N–H and O–H groups in total. The van der Waals surface area contributed by atoms with Gasteiger partial charge in [-0.15, -0.1) is 0 Å². The van der Waals surface area contributed by atoms with Gasteiger partial charge in [0.15, 0.2) is 0 Å². The zero-order valence-electron chi connectivity index (χ0n) is 10.6. The highest BCUT2D eigenvalue weighted by molar-refractivity contribution is 5.70. The van der Waals surface area contributed by atoms with Crippen molar-refractivity contribution < 1.29 is 5.11 Å². The van der Waals surface area contributed by atoms with E-state index >= 15 is 0 Å². The molecule has 0 spiro atoms. The Balaban J connectivity index is 2.34. The van der Waals surface area contributed by atoms with Gasteiger partial charge in [-0.3, -0.25) is 0 Å². The van der Waals surface area contributed by atoms with Crippen molar-refractivity contribution in [2.45, 2.75) is 13.3 Å². The largest absolute Gasteiger partial charge is 0.392 e. The molecule has 0 saturated carbocycles. The molecule has 0 atom stereocenters. The van der Waals surface area contributed by atoms with Gasteiger partial charge in [0.05, 0.1) is 6.61 Å². The first-order chi connectivity index (χ1) is 8.81. The van der Waals surface area contributed by atoms with Crippen LogP contribution in [0.3, 0.4) is 0 Å². The van der Waals surface area contributed by atoms with Crippen molar-refractivity contribution in [2.24, 2.45) is 0 Å². The summed E-state index contributed by atoms with van der Waals surface area (Å²) in [5, 5.41) is 9.39. The predicted molar refractivity (Wildman–Crippen MR) is 76.3 cm³/mol. The lowest BCUT2D eigenvalue weighted by molar-refractivity contribution is 0.332. The molecule has 0 heterocycles. The molecule has 0 aliphatic rings. The zero-order valence-corrected chi connectivity index (χ0v) is 10.6. The Bertz CT molecular complexity index is 512. The summed E-state index contributed by atoms with van der Waals surface area (Å²) in [7, 11) is 0. The van der Waals surface area contributed by atoms with Crippen molar-refractivity contribution in [3.8, 4) is 0 Å². The molecule has 92 valence electrons. The van der Waals surface area contributed by atoms with E-state index in [4.69, 9.17) is 0 Å². The maximum absolute atomic E-state index is 9.39. The molecule has 0 amide bonds. The van der Waals surface area contributed by atoms with Crippen LogP contribution in [0.1, 0.15) is 18.1 Å². The normalized spacial score (nSPS) is 12.1. The molecule has 2 aromatic rings. The smallest absolute Gasteiger partial charge is 0.0645 e. The Morgan fingerprint density at radius 2 is 1.44 bits per heavy atom. The van der Waals surface area contributed by atoms with Gasteiger partial charge in [-0.05, 0) is 35.6 Å². The van der Waals surface area contributed by atoms with Crippen LogP contribution in [0.15, 0.2) is 66.2 Å². The number of hydrogen-bond acceptors (Lipinski definition) is 1. The maximum atomic E-state index is 9.39. The number of aliphatic hydroxyl groups excluding tert-OH is 1.